The lowest BCUT2D eigenvalue weighted by Gasteiger charge is -2.00. The van der Waals surface area contributed by atoms with Crippen LogP contribution in [0.1, 0.15) is 11.5 Å². The molecule has 0 spiro atoms. The van der Waals surface area contributed by atoms with Gasteiger partial charge in [-0.1, -0.05) is 30.3 Å². The Hall–Kier alpha value is -2.88. The Morgan fingerprint density at radius 3 is 2.75 bits per heavy atom. The zero-order valence-electron chi connectivity index (χ0n) is 10.5. The van der Waals surface area contributed by atoms with Crippen LogP contribution in [0.3, 0.4) is 0 Å². The summed E-state index contributed by atoms with van der Waals surface area (Å²) in [6, 6.07) is 15.7. The topological polar surface area (TPSA) is 63.3 Å². The van der Waals surface area contributed by atoms with Gasteiger partial charge in [0.25, 0.3) is 0 Å². The van der Waals surface area contributed by atoms with Gasteiger partial charge >= 0.3 is 5.63 Å². The van der Waals surface area contributed by atoms with Crippen molar-refractivity contribution in [3.05, 3.63) is 76.5 Å². The number of hydrogen-bond donors (Lipinski definition) is 1. The highest BCUT2D eigenvalue weighted by Crippen LogP contribution is 2.16. The maximum absolute atomic E-state index is 11.1. The first-order valence-electron chi connectivity index (χ1n) is 6.09. The number of hydrogen-bond acceptors (Lipinski definition) is 4. The molecule has 0 unspecified atom stereocenters. The van der Waals surface area contributed by atoms with Crippen LogP contribution >= 0.6 is 0 Å². The summed E-state index contributed by atoms with van der Waals surface area (Å²) in [6.45, 7) is 0. The molecule has 2 heterocycles. The molecule has 0 aliphatic rings. The summed E-state index contributed by atoms with van der Waals surface area (Å²) in [5.74, 6) is -0.0158. The molecule has 1 aromatic carbocycles. The number of benzene rings is 1. The summed E-state index contributed by atoms with van der Waals surface area (Å²) in [5.41, 5.74) is 0.921. The molecule has 0 atom stereocenters. The molecule has 0 amide bonds. The van der Waals surface area contributed by atoms with Crippen LogP contribution in [-0.2, 0) is 0 Å². The molecule has 4 heteroatoms. The third-order valence-electron chi connectivity index (χ3n) is 2.85. The molecule has 0 radical (unpaired) electrons. The molecule has 3 rings (SSSR count). The zero-order chi connectivity index (χ0) is 13.9. The van der Waals surface area contributed by atoms with Gasteiger partial charge in [0.05, 0.1) is 11.2 Å². The molecule has 1 N–H and O–H groups in total. The second-order valence-corrected chi connectivity index (χ2v) is 4.27. The van der Waals surface area contributed by atoms with Crippen molar-refractivity contribution in [3.63, 3.8) is 0 Å². The lowest BCUT2D eigenvalue weighted by Crippen LogP contribution is -1.97. The van der Waals surface area contributed by atoms with Crippen LogP contribution in [0, 0.1) is 0 Å². The smallest absolute Gasteiger partial charge is 0.336 e. The first-order chi connectivity index (χ1) is 9.72. The van der Waals surface area contributed by atoms with Crippen LogP contribution in [0.25, 0.3) is 22.7 Å². The van der Waals surface area contributed by atoms with E-state index in [4.69, 9.17) is 4.42 Å². The fourth-order valence-electron chi connectivity index (χ4n) is 1.90. The molecule has 4 nitrogen and oxygen atoms in total. The van der Waals surface area contributed by atoms with Gasteiger partial charge in [0.15, 0.2) is 11.5 Å². The van der Waals surface area contributed by atoms with Crippen LogP contribution in [0.2, 0.25) is 0 Å². The van der Waals surface area contributed by atoms with Crippen LogP contribution in [0.5, 0.6) is 0 Å². The number of aromatic nitrogens is 1. The summed E-state index contributed by atoms with van der Waals surface area (Å²) in [5, 5.41) is 11.0. The van der Waals surface area contributed by atoms with Gasteiger partial charge in [0.2, 0.25) is 0 Å². The predicted molar refractivity (Wildman–Crippen MR) is 77.2 cm³/mol. The van der Waals surface area contributed by atoms with Crippen molar-refractivity contribution in [2.24, 2.45) is 0 Å². The van der Waals surface area contributed by atoms with Crippen molar-refractivity contribution in [1.82, 2.24) is 4.98 Å². The molecular weight excluding hydrogens is 254 g/mol. The van der Waals surface area contributed by atoms with Crippen molar-refractivity contribution in [2.45, 2.75) is 0 Å². The number of rotatable bonds is 2. The molecule has 0 bridgehead atoms. The highest BCUT2D eigenvalue weighted by Gasteiger charge is 2.03. The molecule has 0 fully saturated rings. The summed E-state index contributed by atoms with van der Waals surface area (Å²) in [4.78, 5) is 15.5. The second-order valence-electron chi connectivity index (χ2n) is 4.27. The lowest BCUT2D eigenvalue weighted by molar-refractivity contribution is 0.437. The highest BCUT2D eigenvalue weighted by molar-refractivity contribution is 5.81. The number of para-hydroxylation sites is 1. The van der Waals surface area contributed by atoms with E-state index >= 15 is 0 Å². The molecule has 0 saturated heterocycles. The summed E-state index contributed by atoms with van der Waals surface area (Å²) in [7, 11) is 0. The van der Waals surface area contributed by atoms with Crippen molar-refractivity contribution in [1.29, 1.82) is 0 Å². The van der Waals surface area contributed by atoms with Gasteiger partial charge in [-0.3, -0.25) is 0 Å². The highest BCUT2D eigenvalue weighted by atomic mass is 16.4. The van der Waals surface area contributed by atoms with E-state index in [1.54, 1.807) is 6.07 Å². The molecule has 98 valence electrons. The minimum atomic E-state index is -0.506. The first-order valence-corrected chi connectivity index (χ1v) is 6.09. The lowest BCUT2D eigenvalue weighted by atomic mass is 10.2. The molecule has 20 heavy (non-hydrogen) atoms. The average Bonchev–Trinajstić information content (AvgIpc) is 2.47. The molecule has 0 aliphatic heterocycles. The first kappa shape index (κ1) is 12.2. The second kappa shape index (κ2) is 5.01. The van der Waals surface area contributed by atoms with Crippen molar-refractivity contribution in [3.8, 4) is 0 Å². The third-order valence-corrected chi connectivity index (χ3v) is 2.85. The molecule has 2 aromatic heterocycles. The van der Waals surface area contributed by atoms with E-state index in [0.29, 0.717) is 5.69 Å². The predicted octanol–water partition coefficient (Wildman–Crippen LogP) is 3.24. The van der Waals surface area contributed by atoms with Crippen LogP contribution in [-0.4, -0.2) is 10.1 Å². The molecule has 0 saturated carbocycles. The third kappa shape index (κ3) is 2.44. The van der Waals surface area contributed by atoms with E-state index < -0.39 is 5.63 Å². The summed E-state index contributed by atoms with van der Waals surface area (Å²) < 4.78 is 4.90. The van der Waals surface area contributed by atoms with E-state index in [9.17, 15) is 9.90 Å². The van der Waals surface area contributed by atoms with E-state index in [2.05, 4.69) is 4.98 Å². The van der Waals surface area contributed by atoms with Crippen LogP contribution in [0.15, 0.2) is 63.8 Å². The van der Waals surface area contributed by atoms with Crippen LogP contribution < -0.4 is 5.63 Å². The van der Waals surface area contributed by atoms with Gasteiger partial charge in [-0.25, -0.2) is 9.78 Å². The van der Waals surface area contributed by atoms with Gasteiger partial charge in [0, 0.05) is 17.5 Å². The van der Waals surface area contributed by atoms with E-state index in [0.717, 1.165) is 10.9 Å². The minimum Gasteiger partial charge on any atom is -0.504 e. The quantitative estimate of drug-likeness (QED) is 0.722. The number of aliphatic hydroxyl groups is 1. The number of aliphatic hydroxyl groups excluding tert-OH is 1. The monoisotopic (exact) mass is 265 g/mol. The van der Waals surface area contributed by atoms with Crippen molar-refractivity contribution in [2.75, 3.05) is 0 Å². The SMILES string of the molecule is O=c1cccc(/C(O)=C/c2ccc3ccccc3n2)o1. The minimum absolute atomic E-state index is 0.118. The zero-order valence-corrected chi connectivity index (χ0v) is 10.5. The maximum Gasteiger partial charge on any atom is 0.336 e. The standard InChI is InChI=1S/C16H11NO3/c18-14(15-6-3-7-16(19)20-15)10-12-9-8-11-4-1-2-5-13(11)17-12/h1-10,18H/b14-10-. The van der Waals surface area contributed by atoms with E-state index in [-0.39, 0.29) is 11.5 Å². The number of nitrogens with zero attached hydrogens (tertiary/aromatic N) is 1. The Morgan fingerprint density at radius 1 is 1.05 bits per heavy atom. The summed E-state index contributed by atoms with van der Waals surface area (Å²) >= 11 is 0. The van der Waals surface area contributed by atoms with Crippen molar-refractivity contribution < 1.29 is 9.52 Å². The fraction of sp³-hybridized carbons (Fsp3) is 0. The van der Waals surface area contributed by atoms with Gasteiger partial charge < -0.3 is 9.52 Å². The van der Waals surface area contributed by atoms with E-state index in [1.807, 2.05) is 30.3 Å². The van der Waals surface area contributed by atoms with Gasteiger partial charge in [-0.15, -0.1) is 0 Å². The molecular formula is C16H11NO3. The summed E-state index contributed by atoms with van der Waals surface area (Å²) in [6.07, 6.45) is 1.46. The van der Waals surface area contributed by atoms with Gasteiger partial charge in [0.1, 0.15) is 0 Å². The average molecular weight is 265 g/mol. The Bertz CT molecular complexity index is 849. The fourth-order valence-corrected chi connectivity index (χ4v) is 1.90. The molecule has 0 aliphatic carbocycles. The number of pyridine rings is 1. The largest absolute Gasteiger partial charge is 0.504 e. The van der Waals surface area contributed by atoms with E-state index in [1.165, 1.54) is 24.3 Å². The Labute approximate surface area is 114 Å². The molecule has 3 aromatic rings. The van der Waals surface area contributed by atoms with Crippen LogP contribution in [0.4, 0.5) is 0 Å². The normalized spacial score (nSPS) is 11.7. The Balaban J connectivity index is 2.02. The van der Waals surface area contributed by atoms with Gasteiger partial charge in [-0.05, 0) is 18.2 Å². The Kier molecular flexibility index (Phi) is 3.05. The Morgan fingerprint density at radius 2 is 1.90 bits per heavy atom. The maximum atomic E-state index is 11.1. The van der Waals surface area contributed by atoms with Crippen molar-refractivity contribution >= 4 is 22.7 Å². The number of fused-ring (bicyclic) bond motifs is 1. The van der Waals surface area contributed by atoms with Gasteiger partial charge in [-0.2, -0.15) is 0 Å².